The van der Waals surface area contributed by atoms with Crippen LogP contribution in [0.5, 0.6) is 0 Å². The van der Waals surface area contributed by atoms with Gasteiger partial charge in [0.2, 0.25) is 0 Å². The lowest BCUT2D eigenvalue weighted by Gasteiger charge is -2.09. The molecule has 0 atom stereocenters. The lowest BCUT2D eigenvalue weighted by atomic mass is 10.1. The first-order valence-electron chi connectivity index (χ1n) is 9.57. The fourth-order valence-electron chi connectivity index (χ4n) is 3.25. The summed E-state index contributed by atoms with van der Waals surface area (Å²) in [5.74, 6) is 1.43. The average Bonchev–Trinajstić information content (AvgIpc) is 3.33. The number of H-pyrrole nitrogens is 1. The Balaban J connectivity index is 1.82. The lowest BCUT2D eigenvalue weighted by Crippen LogP contribution is -2.07. The molecule has 0 saturated heterocycles. The molecule has 0 unspecified atom stereocenters. The van der Waals surface area contributed by atoms with Crippen molar-refractivity contribution in [2.45, 2.75) is 33.3 Å². The molecule has 2 heterocycles. The smallest absolute Gasteiger partial charge is 0.163 e. The molecule has 0 bridgehead atoms. The first-order valence-corrected chi connectivity index (χ1v) is 9.57. The van der Waals surface area contributed by atoms with E-state index < -0.39 is 0 Å². The molecule has 4 rings (SSSR count). The molecule has 7 heteroatoms. The second-order valence-corrected chi connectivity index (χ2v) is 7.22. The van der Waals surface area contributed by atoms with Gasteiger partial charge >= 0.3 is 0 Å². The normalized spacial score (nSPS) is 11.3. The van der Waals surface area contributed by atoms with E-state index in [2.05, 4.69) is 22.3 Å². The summed E-state index contributed by atoms with van der Waals surface area (Å²) in [4.78, 5) is 4.82. The number of rotatable bonds is 6. The van der Waals surface area contributed by atoms with Crippen molar-refractivity contribution in [2.24, 2.45) is 0 Å². The molecule has 29 heavy (non-hydrogen) atoms. The maximum Gasteiger partial charge on any atom is 0.163 e. The number of ether oxygens (including phenoxy) is 1. The van der Waals surface area contributed by atoms with Crippen molar-refractivity contribution in [1.29, 1.82) is 5.26 Å². The van der Waals surface area contributed by atoms with Gasteiger partial charge in [0.05, 0.1) is 41.7 Å². The van der Waals surface area contributed by atoms with Crippen LogP contribution < -0.4 is 0 Å². The summed E-state index contributed by atoms with van der Waals surface area (Å²) in [6.07, 6.45) is 2.58. The maximum absolute atomic E-state index is 9.28. The van der Waals surface area contributed by atoms with Crippen LogP contribution >= 0.6 is 0 Å². The first-order chi connectivity index (χ1) is 14.0. The Morgan fingerprint density at radius 1 is 1.24 bits per heavy atom. The van der Waals surface area contributed by atoms with E-state index in [9.17, 15) is 5.26 Å². The SMILES string of the molecule is Cc1cc2cn[nH]c2cc1-c1nc(CCOC(C)C)nn1-c1cccc(C#N)c1. The zero-order valence-corrected chi connectivity index (χ0v) is 16.7. The quantitative estimate of drug-likeness (QED) is 0.541. The summed E-state index contributed by atoms with van der Waals surface area (Å²) >= 11 is 0. The van der Waals surface area contributed by atoms with Gasteiger partial charge in [-0.2, -0.15) is 15.5 Å². The predicted octanol–water partition coefficient (Wildman–Crippen LogP) is 3.96. The predicted molar refractivity (Wildman–Crippen MR) is 111 cm³/mol. The van der Waals surface area contributed by atoms with Crippen LogP contribution in [0.3, 0.4) is 0 Å². The van der Waals surface area contributed by atoms with Crippen LogP contribution in [0.25, 0.3) is 28.0 Å². The van der Waals surface area contributed by atoms with Crippen molar-refractivity contribution in [3.8, 4) is 23.1 Å². The van der Waals surface area contributed by atoms with Crippen molar-refractivity contribution in [3.63, 3.8) is 0 Å². The van der Waals surface area contributed by atoms with Gasteiger partial charge in [-0.25, -0.2) is 9.67 Å². The van der Waals surface area contributed by atoms with Gasteiger partial charge in [0.25, 0.3) is 0 Å². The van der Waals surface area contributed by atoms with E-state index in [0.29, 0.717) is 24.4 Å². The van der Waals surface area contributed by atoms with Gasteiger partial charge in [0, 0.05) is 17.4 Å². The monoisotopic (exact) mass is 386 g/mol. The zero-order valence-electron chi connectivity index (χ0n) is 16.7. The van der Waals surface area contributed by atoms with Gasteiger partial charge in [0.1, 0.15) is 0 Å². The molecular weight excluding hydrogens is 364 g/mol. The molecule has 0 aliphatic carbocycles. The van der Waals surface area contributed by atoms with Crippen LogP contribution in [0.4, 0.5) is 0 Å². The Bertz CT molecular complexity index is 1200. The van der Waals surface area contributed by atoms with Crippen molar-refractivity contribution in [1.82, 2.24) is 25.0 Å². The number of hydrogen-bond donors (Lipinski definition) is 1. The molecular formula is C22H22N6O. The number of aryl methyl sites for hydroxylation is 1. The Morgan fingerprint density at radius 3 is 2.90 bits per heavy atom. The number of hydrogen-bond acceptors (Lipinski definition) is 5. The molecule has 0 radical (unpaired) electrons. The molecule has 1 N–H and O–H groups in total. The van der Waals surface area contributed by atoms with E-state index in [1.807, 2.05) is 51.2 Å². The van der Waals surface area contributed by atoms with E-state index in [1.54, 1.807) is 10.7 Å². The molecule has 0 amide bonds. The highest BCUT2D eigenvalue weighted by atomic mass is 16.5. The second-order valence-electron chi connectivity index (χ2n) is 7.22. The van der Waals surface area contributed by atoms with Gasteiger partial charge in [0.15, 0.2) is 11.6 Å². The highest BCUT2D eigenvalue weighted by Crippen LogP contribution is 2.28. The molecule has 0 fully saturated rings. The van der Waals surface area contributed by atoms with E-state index >= 15 is 0 Å². The topological polar surface area (TPSA) is 92.4 Å². The molecule has 2 aromatic carbocycles. The van der Waals surface area contributed by atoms with Crippen LogP contribution in [0.1, 0.15) is 30.8 Å². The largest absolute Gasteiger partial charge is 0.378 e. The summed E-state index contributed by atoms with van der Waals surface area (Å²) in [6, 6.07) is 13.7. The number of nitrogens with zero attached hydrogens (tertiary/aromatic N) is 5. The van der Waals surface area contributed by atoms with Gasteiger partial charge < -0.3 is 4.74 Å². The van der Waals surface area contributed by atoms with Gasteiger partial charge in [-0.15, -0.1) is 0 Å². The van der Waals surface area contributed by atoms with Crippen molar-refractivity contribution >= 4 is 10.9 Å². The Morgan fingerprint density at radius 2 is 2.10 bits per heavy atom. The third-order valence-corrected chi connectivity index (χ3v) is 4.67. The lowest BCUT2D eigenvalue weighted by molar-refractivity contribution is 0.0804. The summed E-state index contributed by atoms with van der Waals surface area (Å²) < 4.78 is 7.47. The fraction of sp³-hybridized carbons (Fsp3) is 0.273. The van der Waals surface area contributed by atoms with E-state index in [4.69, 9.17) is 14.8 Å². The fourth-order valence-corrected chi connectivity index (χ4v) is 3.25. The summed E-state index contributed by atoms with van der Waals surface area (Å²) in [5, 5.41) is 22.2. The van der Waals surface area contributed by atoms with Gasteiger partial charge in [-0.1, -0.05) is 6.07 Å². The second kappa shape index (κ2) is 7.86. The highest BCUT2D eigenvalue weighted by molar-refractivity contribution is 5.84. The standard InChI is InChI=1S/C22H22N6O/c1-14(2)29-8-7-21-25-22(19-11-20-17(9-15(19)3)13-24-26-20)28(27-21)18-6-4-5-16(10-18)12-23/h4-6,9-11,13-14H,7-8H2,1-3H3,(H,24,26). The Hall–Kier alpha value is -3.50. The molecule has 2 aromatic heterocycles. The van der Waals surface area contributed by atoms with Crippen molar-refractivity contribution in [3.05, 3.63) is 59.5 Å². The molecule has 7 nitrogen and oxygen atoms in total. The molecule has 4 aromatic rings. The zero-order chi connectivity index (χ0) is 20.4. The van der Waals surface area contributed by atoms with Crippen molar-refractivity contribution < 1.29 is 4.74 Å². The number of nitriles is 1. The molecule has 146 valence electrons. The third-order valence-electron chi connectivity index (χ3n) is 4.67. The Labute approximate surface area is 169 Å². The number of fused-ring (bicyclic) bond motifs is 1. The number of aromatic nitrogens is 5. The van der Waals surface area contributed by atoms with Crippen molar-refractivity contribution in [2.75, 3.05) is 6.61 Å². The summed E-state index contributed by atoms with van der Waals surface area (Å²) in [6.45, 7) is 6.62. The minimum atomic E-state index is 0.161. The number of aromatic amines is 1. The molecule has 0 saturated carbocycles. The third kappa shape index (κ3) is 3.89. The van der Waals surface area contributed by atoms with Crippen LogP contribution in [0.15, 0.2) is 42.6 Å². The number of nitrogens with one attached hydrogen (secondary N) is 1. The van der Waals surface area contributed by atoms with Gasteiger partial charge in [-0.05, 0) is 56.7 Å². The van der Waals surface area contributed by atoms with Crippen LogP contribution in [-0.2, 0) is 11.2 Å². The molecule has 0 aliphatic rings. The molecule has 0 aliphatic heterocycles. The minimum Gasteiger partial charge on any atom is -0.378 e. The van der Waals surface area contributed by atoms with Crippen LogP contribution in [0.2, 0.25) is 0 Å². The Kier molecular flexibility index (Phi) is 5.10. The van der Waals surface area contributed by atoms with E-state index in [1.165, 1.54) is 0 Å². The average molecular weight is 386 g/mol. The summed E-state index contributed by atoms with van der Waals surface area (Å²) in [5.41, 5.74) is 4.36. The van der Waals surface area contributed by atoms with E-state index in [0.717, 1.165) is 33.5 Å². The first kappa shape index (κ1) is 18.8. The highest BCUT2D eigenvalue weighted by Gasteiger charge is 2.17. The maximum atomic E-state index is 9.28. The van der Waals surface area contributed by atoms with E-state index in [-0.39, 0.29) is 6.10 Å². The minimum absolute atomic E-state index is 0.161. The van der Waals surface area contributed by atoms with Crippen LogP contribution in [-0.4, -0.2) is 37.7 Å². The van der Waals surface area contributed by atoms with Crippen LogP contribution in [0, 0.1) is 18.3 Å². The van der Waals surface area contributed by atoms with Gasteiger partial charge in [-0.3, -0.25) is 5.10 Å². The summed E-state index contributed by atoms with van der Waals surface area (Å²) in [7, 11) is 0. The number of benzene rings is 2. The molecule has 0 spiro atoms.